The van der Waals surface area contributed by atoms with Gasteiger partial charge in [-0.05, 0) is 56.2 Å². The van der Waals surface area contributed by atoms with Crippen LogP contribution in [0.3, 0.4) is 0 Å². The zero-order chi connectivity index (χ0) is 14.0. The average molecular weight is 321 g/mol. The molecular formula is C15H17BrN2O. The van der Waals surface area contributed by atoms with E-state index < -0.39 is 0 Å². The van der Waals surface area contributed by atoms with E-state index in [0.29, 0.717) is 5.75 Å². The summed E-state index contributed by atoms with van der Waals surface area (Å²) in [4.78, 5) is 4.28. The fourth-order valence-corrected chi connectivity index (χ4v) is 2.05. The second-order valence-corrected chi connectivity index (χ2v) is 5.47. The Hall–Kier alpha value is -1.39. The molecule has 0 unspecified atom stereocenters. The summed E-state index contributed by atoms with van der Waals surface area (Å²) in [6.07, 6.45) is 1.70. The summed E-state index contributed by atoms with van der Waals surface area (Å²) in [6.45, 7) is 5.99. The zero-order valence-corrected chi connectivity index (χ0v) is 12.9. The Morgan fingerprint density at radius 1 is 1.16 bits per heavy atom. The number of ether oxygens (including phenoxy) is 1. The molecule has 0 radical (unpaired) electrons. The molecule has 0 spiro atoms. The van der Waals surface area contributed by atoms with Crippen molar-refractivity contribution in [2.45, 2.75) is 26.8 Å². The second kappa shape index (κ2) is 5.72. The maximum Gasteiger partial charge on any atom is 0.145 e. The largest absolute Gasteiger partial charge is 0.456 e. The van der Waals surface area contributed by atoms with Gasteiger partial charge in [-0.3, -0.25) is 4.98 Å². The molecule has 4 heteroatoms. The van der Waals surface area contributed by atoms with E-state index in [9.17, 15) is 0 Å². The van der Waals surface area contributed by atoms with Crippen molar-refractivity contribution in [1.29, 1.82) is 0 Å². The van der Waals surface area contributed by atoms with E-state index in [4.69, 9.17) is 10.5 Å². The molecule has 3 nitrogen and oxygen atoms in total. The van der Waals surface area contributed by atoms with Gasteiger partial charge in [0.05, 0.1) is 11.9 Å². The van der Waals surface area contributed by atoms with Crippen molar-refractivity contribution >= 4 is 15.9 Å². The van der Waals surface area contributed by atoms with E-state index in [-0.39, 0.29) is 6.04 Å². The number of rotatable bonds is 3. The van der Waals surface area contributed by atoms with Gasteiger partial charge < -0.3 is 10.5 Å². The van der Waals surface area contributed by atoms with Gasteiger partial charge in [-0.15, -0.1) is 0 Å². The van der Waals surface area contributed by atoms with Crippen molar-refractivity contribution in [3.8, 4) is 11.5 Å². The molecule has 0 aliphatic heterocycles. The Bertz CT molecular complexity index is 556. The number of nitrogens with zero attached hydrogens (tertiary/aromatic N) is 1. The van der Waals surface area contributed by atoms with Crippen LogP contribution in [0, 0.1) is 13.8 Å². The molecule has 2 aromatic rings. The minimum absolute atomic E-state index is 0.0637. The van der Waals surface area contributed by atoms with Crippen LogP contribution in [0.15, 0.2) is 34.9 Å². The van der Waals surface area contributed by atoms with Crippen molar-refractivity contribution < 1.29 is 4.74 Å². The number of halogens is 1. The van der Waals surface area contributed by atoms with Gasteiger partial charge in [0, 0.05) is 10.5 Å². The van der Waals surface area contributed by atoms with Crippen LogP contribution in [-0.4, -0.2) is 4.98 Å². The first kappa shape index (κ1) is 14.0. The quantitative estimate of drug-likeness (QED) is 0.918. The molecule has 1 aromatic heterocycles. The van der Waals surface area contributed by atoms with Crippen LogP contribution in [0.25, 0.3) is 0 Å². The van der Waals surface area contributed by atoms with Gasteiger partial charge in [0.2, 0.25) is 0 Å². The second-order valence-electron chi connectivity index (χ2n) is 4.68. The number of aryl methyl sites for hydroxylation is 2. The van der Waals surface area contributed by atoms with Crippen LogP contribution in [0.1, 0.15) is 29.8 Å². The Morgan fingerprint density at radius 3 is 2.26 bits per heavy atom. The highest BCUT2D eigenvalue weighted by Crippen LogP contribution is 2.29. The SMILES string of the molecule is Cc1cc(Oc2ccc([C@@H](C)N)nc2)cc(C)c1Br. The van der Waals surface area contributed by atoms with Crippen molar-refractivity contribution in [2.24, 2.45) is 5.73 Å². The van der Waals surface area contributed by atoms with Crippen LogP contribution in [-0.2, 0) is 0 Å². The van der Waals surface area contributed by atoms with Gasteiger partial charge in [0.25, 0.3) is 0 Å². The molecule has 0 bridgehead atoms. The van der Waals surface area contributed by atoms with Crippen molar-refractivity contribution in [2.75, 3.05) is 0 Å². The highest BCUT2D eigenvalue weighted by Gasteiger charge is 2.05. The minimum Gasteiger partial charge on any atom is -0.456 e. The normalized spacial score (nSPS) is 12.3. The Kier molecular flexibility index (Phi) is 4.22. The van der Waals surface area contributed by atoms with Crippen molar-refractivity contribution in [1.82, 2.24) is 4.98 Å². The minimum atomic E-state index is -0.0637. The van der Waals surface area contributed by atoms with Gasteiger partial charge in [0.15, 0.2) is 0 Å². The topological polar surface area (TPSA) is 48.1 Å². The van der Waals surface area contributed by atoms with Gasteiger partial charge in [-0.2, -0.15) is 0 Å². The predicted molar refractivity (Wildman–Crippen MR) is 80.5 cm³/mol. The van der Waals surface area contributed by atoms with E-state index in [2.05, 4.69) is 20.9 Å². The highest BCUT2D eigenvalue weighted by molar-refractivity contribution is 9.10. The van der Waals surface area contributed by atoms with E-state index >= 15 is 0 Å². The van der Waals surface area contributed by atoms with E-state index in [1.807, 2.05) is 45.0 Å². The molecular weight excluding hydrogens is 304 g/mol. The molecule has 0 aliphatic carbocycles. The number of aromatic nitrogens is 1. The fraction of sp³-hybridized carbons (Fsp3) is 0.267. The maximum atomic E-state index is 5.81. The summed E-state index contributed by atoms with van der Waals surface area (Å²) >= 11 is 3.54. The number of pyridine rings is 1. The lowest BCUT2D eigenvalue weighted by Gasteiger charge is -2.10. The number of hydrogen-bond acceptors (Lipinski definition) is 3. The molecule has 2 rings (SSSR count). The summed E-state index contributed by atoms with van der Waals surface area (Å²) in [5, 5.41) is 0. The molecule has 1 aromatic carbocycles. The third-order valence-electron chi connectivity index (χ3n) is 2.87. The molecule has 0 saturated heterocycles. The Labute approximate surface area is 121 Å². The molecule has 2 N–H and O–H groups in total. The molecule has 0 saturated carbocycles. The summed E-state index contributed by atoms with van der Waals surface area (Å²) in [5.41, 5.74) is 8.92. The lowest BCUT2D eigenvalue weighted by atomic mass is 10.1. The predicted octanol–water partition coefficient (Wildman–Crippen LogP) is 4.27. The van der Waals surface area contributed by atoms with Crippen molar-refractivity contribution in [3.05, 3.63) is 51.8 Å². The molecule has 0 amide bonds. The van der Waals surface area contributed by atoms with Crippen LogP contribution in [0.2, 0.25) is 0 Å². The average Bonchev–Trinajstić information content (AvgIpc) is 2.36. The number of hydrogen-bond donors (Lipinski definition) is 1. The summed E-state index contributed by atoms with van der Waals surface area (Å²) in [6, 6.07) is 7.70. The first-order valence-corrected chi connectivity index (χ1v) is 6.93. The van der Waals surface area contributed by atoms with Crippen LogP contribution >= 0.6 is 15.9 Å². The first-order chi connectivity index (χ1) is 8.97. The molecule has 1 heterocycles. The maximum absolute atomic E-state index is 5.81. The van der Waals surface area contributed by atoms with Crippen LogP contribution in [0.4, 0.5) is 0 Å². The Balaban J connectivity index is 2.21. The van der Waals surface area contributed by atoms with Crippen molar-refractivity contribution in [3.63, 3.8) is 0 Å². The van der Waals surface area contributed by atoms with E-state index in [1.165, 1.54) is 0 Å². The first-order valence-electron chi connectivity index (χ1n) is 6.13. The van der Waals surface area contributed by atoms with Gasteiger partial charge in [0.1, 0.15) is 11.5 Å². The van der Waals surface area contributed by atoms with Crippen LogP contribution < -0.4 is 10.5 Å². The van der Waals surface area contributed by atoms with Gasteiger partial charge in [-0.25, -0.2) is 0 Å². The summed E-state index contributed by atoms with van der Waals surface area (Å²) in [7, 11) is 0. The molecule has 1 atom stereocenters. The smallest absolute Gasteiger partial charge is 0.145 e. The molecule has 0 aliphatic rings. The fourth-order valence-electron chi connectivity index (χ4n) is 1.82. The summed E-state index contributed by atoms with van der Waals surface area (Å²) < 4.78 is 6.92. The third-order valence-corrected chi connectivity index (χ3v) is 4.12. The molecule has 100 valence electrons. The third kappa shape index (κ3) is 3.33. The summed E-state index contributed by atoms with van der Waals surface area (Å²) in [5.74, 6) is 1.53. The van der Waals surface area contributed by atoms with Crippen LogP contribution in [0.5, 0.6) is 11.5 Å². The number of benzene rings is 1. The van der Waals surface area contributed by atoms with E-state index in [1.54, 1.807) is 6.20 Å². The Morgan fingerprint density at radius 2 is 1.79 bits per heavy atom. The molecule has 19 heavy (non-hydrogen) atoms. The van der Waals surface area contributed by atoms with Gasteiger partial charge in [-0.1, -0.05) is 15.9 Å². The standard InChI is InChI=1S/C15H17BrN2O/c1-9-6-13(7-10(2)15(9)16)19-12-4-5-14(11(3)17)18-8-12/h4-8,11H,17H2,1-3H3/t11-/m1/s1. The zero-order valence-electron chi connectivity index (χ0n) is 11.3. The lowest BCUT2D eigenvalue weighted by Crippen LogP contribution is -2.06. The number of nitrogens with two attached hydrogens (primary N) is 1. The molecule has 0 fully saturated rings. The monoisotopic (exact) mass is 320 g/mol. The van der Waals surface area contributed by atoms with E-state index in [0.717, 1.165) is 27.0 Å². The lowest BCUT2D eigenvalue weighted by molar-refractivity contribution is 0.478. The van der Waals surface area contributed by atoms with Gasteiger partial charge >= 0.3 is 0 Å². The highest BCUT2D eigenvalue weighted by atomic mass is 79.9.